The number of H-pyrrole nitrogens is 1. The minimum Gasteiger partial charge on any atom is -0.493 e. The van der Waals surface area contributed by atoms with E-state index in [9.17, 15) is 4.79 Å². The van der Waals surface area contributed by atoms with Crippen LogP contribution in [-0.4, -0.2) is 44.3 Å². The van der Waals surface area contributed by atoms with Crippen LogP contribution in [0.15, 0.2) is 47.3 Å². The molecular weight excluding hydrogens is 456 g/mol. The van der Waals surface area contributed by atoms with E-state index in [1.165, 1.54) is 24.0 Å². The molecule has 36 heavy (non-hydrogen) atoms. The first-order valence-corrected chi connectivity index (χ1v) is 12.4. The van der Waals surface area contributed by atoms with Crippen LogP contribution in [0.25, 0.3) is 10.9 Å². The van der Waals surface area contributed by atoms with E-state index in [-0.39, 0.29) is 5.56 Å². The van der Waals surface area contributed by atoms with Crippen molar-refractivity contribution in [2.75, 3.05) is 14.2 Å². The number of aryl methyl sites for hydroxylation is 1. The fourth-order valence-electron chi connectivity index (χ4n) is 5.00. The molecule has 0 bridgehead atoms. The van der Waals surface area contributed by atoms with Crippen LogP contribution in [0, 0.1) is 6.92 Å². The molecule has 1 fully saturated rings. The molecule has 0 amide bonds. The number of nitrogens with one attached hydrogen (secondary N) is 1. The van der Waals surface area contributed by atoms with E-state index in [0.717, 1.165) is 24.1 Å². The van der Waals surface area contributed by atoms with E-state index in [1.807, 2.05) is 16.8 Å². The van der Waals surface area contributed by atoms with Crippen molar-refractivity contribution in [2.24, 2.45) is 0 Å². The van der Waals surface area contributed by atoms with Gasteiger partial charge in [0.2, 0.25) is 0 Å². The summed E-state index contributed by atoms with van der Waals surface area (Å²) in [4.78, 5) is 18.3. The van der Waals surface area contributed by atoms with Crippen LogP contribution in [0.4, 0.5) is 0 Å². The second-order valence-corrected chi connectivity index (χ2v) is 9.53. The summed E-state index contributed by atoms with van der Waals surface area (Å²) in [5, 5.41) is 13.5. The number of fused-ring (bicyclic) bond motifs is 1. The summed E-state index contributed by atoms with van der Waals surface area (Å²) in [5.41, 5.74) is 3.63. The third kappa shape index (κ3) is 5.11. The van der Waals surface area contributed by atoms with Crippen molar-refractivity contribution >= 4 is 10.9 Å². The molecule has 1 aliphatic carbocycles. The Kier molecular flexibility index (Phi) is 6.99. The van der Waals surface area contributed by atoms with Crippen LogP contribution < -0.4 is 15.0 Å². The average Bonchev–Trinajstić information content (AvgIpc) is 3.57. The van der Waals surface area contributed by atoms with Gasteiger partial charge in [-0.15, -0.1) is 5.10 Å². The molecule has 0 spiro atoms. The fraction of sp³-hybridized carbons (Fsp3) is 0.407. The predicted octanol–water partition coefficient (Wildman–Crippen LogP) is 4.16. The average molecular weight is 489 g/mol. The molecule has 0 saturated heterocycles. The molecule has 2 heterocycles. The molecule has 1 N–H and O–H groups in total. The maximum atomic E-state index is 13.1. The van der Waals surface area contributed by atoms with E-state index in [4.69, 9.17) is 9.47 Å². The number of nitrogens with zero attached hydrogens (tertiary/aromatic N) is 5. The fourth-order valence-corrected chi connectivity index (χ4v) is 5.00. The summed E-state index contributed by atoms with van der Waals surface area (Å²) in [6.45, 7) is 3.74. The standard InChI is InChI=1S/C27H32N6O3/c1-18-8-10-19(11-9-18)15-32(17-26-29-30-31-33(26)22-6-4-5-7-22)16-21-12-20-13-24(35-2)25(36-3)14-23(20)28-27(21)34/h8-14,22H,4-7,15-17H2,1-3H3,(H,28,34). The number of ether oxygens (including phenoxy) is 2. The molecular formula is C27H32N6O3. The molecule has 2 aromatic heterocycles. The van der Waals surface area contributed by atoms with Crippen LogP contribution in [0.5, 0.6) is 11.5 Å². The van der Waals surface area contributed by atoms with Crippen LogP contribution >= 0.6 is 0 Å². The van der Waals surface area contributed by atoms with Crippen molar-refractivity contribution in [3.63, 3.8) is 0 Å². The zero-order valence-electron chi connectivity index (χ0n) is 21.0. The van der Waals surface area contributed by atoms with Crippen molar-refractivity contribution < 1.29 is 9.47 Å². The SMILES string of the molecule is COc1cc2cc(CN(Cc3ccc(C)cc3)Cc3nnnn3C3CCCC3)c(=O)[nH]c2cc1OC. The Hall–Kier alpha value is -3.72. The van der Waals surface area contributed by atoms with Gasteiger partial charge in [0.1, 0.15) is 0 Å². The van der Waals surface area contributed by atoms with Crippen molar-refractivity contribution in [1.82, 2.24) is 30.1 Å². The van der Waals surface area contributed by atoms with E-state index in [2.05, 4.69) is 56.6 Å². The lowest BCUT2D eigenvalue weighted by Gasteiger charge is -2.23. The molecule has 0 unspecified atom stereocenters. The van der Waals surface area contributed by atoms with Gasteiger partial charge in [0.05, 0.1) is 32.3 Å². The van der Waals surface area contributed by atoms with Gasteiger partial charge < -0.3 is 14.5 Å². The highest BCUT2D eigenvalue weighted by molar-refractivity contribution is 5.83. The highest BCUT2D eigenvalue weighted by Crippen LogP contribution is 2.32. The van der Waals surface area contributed by atoms with Gasteiger partial charge in [-0.05, 0) is 47.9 Å². The summed E-state index contributed by atoms with van der Waals surface area (Å²) in [6, 6.07) is 14.4. The molecule has 0 atom stereocenters. The Morgan fingerprint density at radius 1 is 1.00 bits per heavy atom. The number of methoxy groups -OCH3 is 2. The van der Waals surface area contributed by atoms with Crippen LogP contribution in [0.2, 0.25) is 0 Å². The minimum atomic E-state index is -0.126. The van der Waals surface area contributed by atoms with Gasteiger partial charge in [-0.3, -0.25) is 9.69 Å². The maximum Gasteiger partial charge on any atom is 0.252 e. The smallest absolute Gasteiger partial charge is 0.252 e. The summed E-state index contributed by atoms with van der Waals surface area (Å²) in [5.74, 6) is 2.03. The lowest BCUT2D eigenvalue weighted by molar-refractivity contribution is 0.231. The molecule has 1 saturated carbocycles. The number of aromatic amines is 1. The van der Waals surface area contributed by atoms with Gasteiger partial charge in [-0.1, -0.05) is 42.7 Å². The summed E-state index contributed by atoms with van der Waals surface area (Å²) >= 11 is 0. The summed E-state index contributed by atoms with van der Waals surface area (Å²) in [7, 11) is 3.19. The predicted molar refractivity (Wildman–Crippen MR) is 137 cm³/mol. The number of hydrogen-bond acceptors (Lipinski definition) is 7. The Morgan fingerprint density at radius 3 is 2.44 bits per heavy atom. The van der Waals surface area contributed by atoms with Crippen LogP contribution in [0.1, 0.15) is 54.2 Å². The highest BCUT2D eigenvalue weighted by Gasteiger charge is 2.23. The summed E-state index contributed by atoms with van der Waals surface area (Å²) < 4.78 is 12.8. The lowest BCUT2D eigenvalue weighted by atomic mass is 10.1. The molecule has 2 aromatic carbocycles. The molecule has 188 valence electrons. The topological polar surface area (TPSA) is 98.2 Å². The summed E-state index contributed by atoms with van der Waals surface area (Å²) in [6.07, 6.45) is 4.62. The first kappa shape index (κ1) is 24.0. The van der Waals surface area contributed by atoms with Crippen molar-refractivity contribution in [1.29, 1.82) is 0 Å². The molecule has 9 heteroatoms. The van der Waals surface area contributed by atoms with Crippen LogP contribution in [-0.2, 0) is 19.6 Å². The normalized spacial score (nSPS) is 14.1. The Bertz CT molecular complexity index is 1390. The first-order chi connectivity index (χ1) is 17.5. The Balaban J connectivity index is 1.47. The highest BCUT2D eigenvalue weighted by atomic mass is 16.5. The van der Waals surface area contributed by atoms with Gasteiger partial charge >= 0.3 is 0 Å². The molecule has 5 rings (SSSR count). The zero-order valence-corrected chi connectivity index (χ0v) is 21.0. The second kappa shape index (κ2) is 10.5. The number of rotatable bonds is 9. The lowest BCUT2D eigenvalue weighted by Crippen LogP contribution is -2.28. The first-order valence-electron chi connectivity index (χ1n) is 12.4. The molecule has 9 nitrogen and oxygen atoms in total. The van der Waals surface area contributed by atoms with Gasteiger partial charge in [-0.25, -0.2) is 4.68 Å². The number of hydrogen-bond donors (Lipinski definition) is 1. The molecule has 4 aromatic rings. The third-order valence-corrected chi connectivity index (χ3v) is 6.94. The van der Waals surface area contributed by atoms with Crippen molar-refractivity contribution in [2.45, 2.75) is 58.3 Å². The van der Waals surface area contributed by atoms with Gasteiger partial charge in [0, 0.05) is 30.1 Å². The number of pyridine rings is 1. The Labute approximate surface area is 210 Å². The largest absolute Gasteiger partial charge is 0.493 e. The third-order valence-electron chi connectivity index (χ3n) is 6.94. The van der Waals surface area contributed by atoms with E-state index < -0.39 is 0 Å². The zero-order chi connectivity index (χ0) is 25.1. The Morgan fingerprint density at radius 2 is 1.72 bits per heavy atom. The monoisotopic (exact) mass is 488 g/mol. The molecule has 1 aliphatic rings. The quantitative estimate of drug-likeness (QED) is 0.378. The number of aromatic nitrogens is 5. The molecule has 0 radical (unpaired) electrons. The van der Waals surface area contributed by atoms with E-state index in [1.54, 1.807) is 20.3 Å². The van der Waals surface area contributed by atoms with Crippen LogP contribution in [0.3, 0.4) is 0 Å². The maximum absolute atomic E-state index is 13.1. The number of benzene rings is 2. The second-order valence-electron chi connectivity index (χ2n) is 9.53. The minimum absolute atomic E-state index is 0.126. The molecule has 0 aliphatic heterocycles. The van der Waals surface area contributed by atoms with Gasteiger partial charge in [0.15, 0.2) is 17.3 Å². The van der Waals surface area contributed by atoms with E-state index >= 15 is 0 Å². The van der Waals surface area contributed by atoms with Crippen molar-refractivity contribution in [3.8, 4) is 11.5 Å². The van der Waals surface area contributed by atoms with Gasteiger partial charge in [0.25, 0.3) is 5.56 Å². The van der Waals surface area contributed by atoms with Gasteiger partial charge in [-0.2, -0.15) is 0 Å². The van der Waals surface area contributed by atoms with E-state index in [0.29, 0.717) is 48.3 Å². The van der Waals surface area contributed by atoms with Crippen molar-refractivity contribution in [3.05, 3.63) is 75.3 Å². The number of tetrazole rings is 1.